The molecule has 2 aromatic rings. The van der Waals surface area contributed by atoms with Crippen LogP contribution in [0.1, 0.15) is 60.9 Å². The van der Waals surface area contributed by atoms with E-state index in [0.717, 1.165) is 24.1 Å². The van der Waals surface area contributed by atoms with E-state index in [0.29, 0.717) is 32.2 Å². The standard InChI is InChI=1S/C23H25FN6O2/c24-17-5-1-15(2-6-17)13-27-18-7-9-23(10-8-18,11-12-25)30-14-19(20(26)31)21(29-30)28-22(32)16-3-4-16/h1-2,5-6,14,16H,3-4,7-11,13H2,(H2,26,31)(H,28,29,32). The number of primary amides is 1. The molecule has 3 N–H and O–H groups in total. The number of aromatic nitrogens is 2. The summed E-state index contributed by atoms with van der Waals surface area (Å²) in [5.74, 6) is -0.994. The molecule has 166 valence electrons. The van der Waals surface area contributed by atoms with Gasteiger partial charge in [-0.2, -0.15) is 10.4 Å². The highest BCUT2D eigenvalue weighted by molar-refractivity contribution is 6.02. The minimum absolute atomic E-state index is 0.0384. The second-order valence-corrected chi connectivity index (χ2v) is 8.53. The molecule has 2 aliphatic carbocycles. The molecule has 2 saturated carbocycles. The van der Waals surface area contributed by atoms with E-state index in [1.807, 2.05) is 0 Å². The zero-order chi connectivity index (χ0) is 22.7. The third kappa shape index (κ3) is 4.69. The maximum absolute atomic E-state index is 13.1. The van der Waals surface area contributed by atoms with Gasteiger partial charge < -0.3 is 11.1 Å². The van der Waals surface area contributed by atoms with Crippen molar-refractivity contribution < 1.29 is 14.0 Å². The third-order valence-corrected chi connectivity index (χ3v) is 6.22. The highest BCUT2D eigenvalue weighted by atomic mass is 19.1. The topological polar surface area (TPSA) is 126 Å². The normalized spacial score (nSPS) is 20.4. The summed E-state index contributed by atoms with van der Waals surface area (Å²) in [5, 5.41) is 16.7. The molecule has 2 aliphatic rings. The predicted octanol–water partition coefficient (Wildman–Crippen LogP) is 3.29. The molecule has 1 aromatic carbocycles. The molecule has 2 amide bonds. The van der Waals surface area contributed by atoms with Crippen molar-refractivity contribution in [2.24, 2.45) is 16.6 Å². The molecular weight excluding hydrogens is 411 g/mol. The van der Waals surface area contributed by atoms with Crippen LogP contribution in [0.25, 0.3) is 0 Å². The summed E-state index contributed by atoms with van der Waals surface area (Å²) in [6.07, 6.45) is 6.03. The Hall–Kier alpha value is -3.54. The summed E-state index contributed by atoms with van der Waals surface area (Å²) < 4.78 is 14.7. The first kappa shape index (κ1) is 21.7. The maximum Gasteiger partial charge on any atom is 0.254 e. The number of anilines is 1. The Morgan fingerprint density at radius 2 is 1.97 bits per heavy atom. The van der Waals surface area contributed by atoms with E-state index in [1.165, 1.54) is 12.1 Å². The average molecular weight is 436 g/mol. The highest BCUT2D eigenvalue weighted by Gasteiger charge is 2.38. The summed E-state index contributed by atoms with van der Waals surface area (Å²) >= 11 is 0. The summed E-state index contributed by atoms with van der Waals surface area (Å²) in [7, 11) is 0. The van der Waals surface area contributed by atoms with Gasteiger partial charge in [-0.3, -0.25) is 19.3 Å². The van der Waals surface area contributed by atoms with Gasteiger partial charge >= 0.3 is 0 Å². The number of hydrogen-bond acceptors (Lipinski definition) is 5. The van der Waals surface area contributed by atoms with Crippen LogP contribution < -0.4 is 11.1 Å². The van der Waals surface area contributed by atoms with E-state index in [4.69, 9.17) is 5.73 Å². The Bertz CT molecular complexity index is 1080. The fourth-order valence-electron chi connectivity index (χ4n) is 4.04. The fraction of sp³-hybridized carbons (Fsp3) is 0.435. The lowest BCUT2D eigenvalue weighted by atomic mass is 9.79. The smallest absolute Gasteiger partial charge is 0.254 e. The van der Waals surface area contributed by atoms with E-state index in [9.17, 15) is 19.2 Å². The van der Waals surface area contributed by atoms with E-state index >= 15 is 0 Å². The van der Waals surface area contributed by atoms with Crippen molar-refractivity contribution in [2.75, 3.05) is 5.32 Å². The van der Waals surface area contributed by atoms with Crippen LogP contribution >= 0.6 is 0 Å². The van der Waals surface area contributed by atoms with E-state index in [-0.39, 0.29) is 35.4 Å². The van der Waals surface area contributed by atoms with Gasteiger partial charge in [0.25, 0.3) is 5.91 Å². The summed E-state index contributed by atoms with van der Waals surface area (Å²) in [6, 6.07) is 8.51. The number of nitrogens with one attached hydrogen (secondary N) is 1. The van der Waals surface area contributed by atoms with Crippen LogP contribution in [0.3, 0.4) is 0 Å². The third-order valence-electron chi connectivity index (χ3n) is 6.22. The van der Waals surface area contributed by atoms with Crippen molar-refractivity contribution in [2.45, 2.75) is 57.0 Å². The largest absolute Gasteiger partial charge is 0.365 e. The number of benzene rings is 1. The van der Waals surface area contributed by atoms with Gasteiger partial charge in [-0.05, 0) is 56.2 Å². The SMILES string of the molecule is N#CCC1(n2cc(C(N)=O)c(NC(=O)C3CC3)n2)CCC(=NCc2ccc(F)cc2)CC1. The quantitative estimate of drug-likeness (QED) is 0.690. The lowest BCUT2D eigenvalue weighted by Crippen LogP contribution is -2.38. The maximum atomic E-state index is 13.1. The van der Waals surface area contributed by atoms with Crippen molar-refractivity contribution in [3.63, 3.8) is 0 Å². The van der Waals surface area contributed by atoms with Crippen LogP contribution in [0, 0.1) is 23.1 Å². The minimum atomic E-state index is -0.674. The molecule has 0 saturated heterocycles. The first-order chi connectivity index (χ1) is 15.4. The number of amides is 2. The molecule has 0 spiro atoms. The van der Waals surface area contributed by atoms with Crippen molar-refractivity contribution in [1.82, 2.24) is 9.78 Å². The minimum Gasteiger partial charge on any atom is -0.365 e. The first-order valence-corrected chi connectivity index (χ1v) is 10.7. The molecule has 0 unspecified atom stereocenters. The molecule has 1 aromatic heterocycles. The lowest BCUT2D eigenvalue weighted by Gasteiger charge is -2.36. The van der Waals surface area contributed by atoms with Crippen LogP contribution in [0.15, 0.2) is 35.5 Å². The van der Waals surface area contributed by atoms with Crippen molar-refractivity contribution >= 4 is 23.3 Å². The highest BCUT2D eigenvalue weighted by Crippen LogP contribution is 2.38. The number of nitrogens with zero attached hydrogens (tertiary/aromatic N) is 4. The Morgan fingerprint density at radius 1 is 1.28 bits per heavy atom. The lowest BCUT2D eigenvalue weighted by molar-refractivity contribution is -0.117. The molecule has 1 heterocycles. The number of carbonyl (C=O) groups excluding carboxylic acids is 2. The van der Waals surface area contributed by atoms with Gasteiger partial charge in [0.2, 0.25) is 5.91 Å². The van der Waals surface area contributed by atoms with Crippen molar-refractivity contribution in [3.8, 4) is 6.07 Å². The monoisotopic (exact) mass is 436 g/mol. The van der Waals surface area contributed by atoms with Gasteiger partial charge in [0, 0.05) is 17.8 Å². The first-order valence-electron chi connectivity index (χ1n) is 10.7. The van der Waals surface area contributed by atoms with Gasteiger partial charge in [0.15, 0.2) is 5.82 Å². The second-order valence-electron chi connectivity index (χ2n) is 8.53. The molecule has 0 aliphatic heterocycles. The Labute approximate surface area is 185 Å². The number of halogens is 1. The Kier molecular flexibility index (Phi) is 6.04. The molecule has 0 atom stereocenters. The Balaban J connectivity index is 1.51. The molecule has 32 heavy (non-hydrogen) atoms. The summed E-state index contributed by atoms with van der Waals surface area (Å²) in [5.41, 5.74) is 7.03. The fourth-order valence-corrected chi connectivity index (χ4v) is 4.04. The van der Waals surface area contributed by atoms with Gasteiger partial charge in [0.1, 0.15) is 11.4 Å². The van der Waals surface area contributed by atoms with Crippen LogP contribution in [0.4, 0.5) is 10.2 Å². The van der Waals surface area contributed by atoms with E-state index in [1.54, 1.807) is 23.0 Å². The Morgan fingerprint density at radius 3 is 2.56 bits per heavy atom. The molecular formula is C23H25FN6O2. The van der Waals surface area contributed by atoms with Gasteiger partial charge in [-0.1, -0.05) is 12.1 Å². The van der Waals surface area contributed by atoms with E-state index in [2.05, 4.69) is 21.5 Å². The summed E-state index contributed by atoms with van der Waals surface area (Å²) in [6.45, 7) is 0.478. The molecule has 0 bridgehead atoms. The molecule has 0 radical (unpaired) electrons. The summed E-state index contributed by atoms with van der Waals surface area (Å²) in [4.78, 5) is 28.8. The predicted molar refractivity (Wildman–Crippen MR) is 116 cm³/mol. The van der Waals surface area contributed by atoms with Crippen LogP contribution in [-0.2, 0) is 16.9 Å². The average Bonchev–Trinajstić information content (AvgIpc) is 3.54. The van der Waals surface area contributed by atoms with Gasteiger partial charge in [-0.15, -0.1) is 0 Å². The molecule has 8 nitrogen and oxygen atoms in total. The van der Waals surface area contributed by atoms with Gasteiger partial charge in [-0.25, -0.2) is 4.39 Å². The second kappa shape index (κ2) is 8.91. The zero-order valence-corrected chi connectivity index (χ0v) is 17.7. The molecule has 9 heteroatoms. The van der Waals surface area contributed by atoms with E-state index < -0.39 is 11.4 Å². The number of nitrogens with two attached hydrogens (primary N) is 1. The zero-order valence-electron chi connectivity index (χ0n) is 17.7. The number of rotatable bonds is 7. The number of carbonyl (C=O) groups is 2. The number of aliphatic imine (C=N–C) groups is 1. The number of hydrogen-bond donors (Lipinski definition) is 2. The number of nitriles is 1. The molecule has 2 fully saturated rings. The van der Waals surface area contributed by atoms with Crippen LogP contribution in [-0.4, -0.2) is 27.3 Å². The van der Waals surface area contributed by atoms with Gasteiger partial charge in [0.05, 0.1) is 24.6 Å². The van der Waals surface area contributed by atoms with Crippen molar-refractivity contribution in [1.29, 1.82) is 5.26 Å². The van der Waals surface area contributed by atoms with Crippen LogP contribution in [0.2, 0.25) is 0 Å². The molecule has 4 rings (SSSR count). The van der Waals surface area contributed by atoms with Crippen LogP contribution in [0.5, 0.6) is 0 Å². The van der Waals surface area contributed by atoms with Crippen molar-refractivity contribution in [3.05, 3.63) is 47.4 Å².